The second kappa shape index (κ2) is 6.62. The summed E-state index contributed by atoms with van der Waals surface area (Å²) < 4.78 is 0. The number of nitrogens with zero attached hydrogens (tertiary/aromatic N) is 1. The van der Waals surface area contributed by atoms with Crippen LogP contribution in [0.25, 0.3) is 0 Å². The van der Waals surface area contributed by atoms with Crippen molar-refractivity contribution < 1.29 is 9.59 Å². The minimum absolute atomic E-state index is 0.0102. The summed E-state index contributed by atoms with van der Waals surface area (Å²) in [5.74, 6) is 0.719. The Morgan fingerprint density at radius 3 is 2.71 bits per heavy atom. The summed E-state index contributed by atoms with van der Waals surface area (Å²) in [5, 5.41) is 2.67. The first kappa shape index (κ1) is 14.0. The van der Waals surface area contributed by atoms with Gasteiger partial charge in [-0.3, -0.25) is 9.59 Å². The molecule has 1 saturated heterocycles. The second-order valence-electron chi connectivity index (χ2n) is 5.15. The van der Waals surface area contributed by atoms with E-state index >= 15 is 0 Å². The topological polar surface area (TPSA) is 49.4 Å². The van der Waals surface area contributed by atoms with Crippen molar-refractivity contribution >= 4 is 11.8 Å². The van der Waals surface area contributed by atoms with Crippen LogP contribution in [-0.2, 0) is 9.59 Å². The van der Waals surface area contributed by atoms with E-state index < -0.39 is 0 Å². The van der Waals surface area contributed by atoms with Crippen LogP contribution in [0.1, 0.15) is 46.5 Å². The maximum atomic E-state index is 11.8. The lowest BCUT2D eigenvalue weighted by Crippen LogP contribution is -2.58. The lowest BCUT2D eigenvalue weighted by molar-refractivity contribution is -0.145. The molecule has 0 bridgehead atoms. The van der Waals surface area contributed by atoms with Crippen LogP contribution in [0.2, 0.25) is 0 Å². The molecule has 0 spiro atoms. The molecule has 1 heterocycles. The molecule has 0 aromatic carbocycles. The highest BCUT2D eigenvalue weighted by Crippen LogP contribution is 2.14. The Labute approximate surface area is 104 Å². The fourth-order valence-electron chi connectivity index (χ4n) is 2.21. The highest BCUT2D eigenvalue weighted by atomic mass is 16.2. The van der Waals surface area contributed by atoms with Gasteiger partial charge >= 0.3 is 0 Å². The van der Waals surface area contributed by atoms with Gasteiger partial charge in [0.1, 0.15) is 6.04 Å². The summed E-state index contributed by atoms with van der Waals surface area (Å²) >= 11 is 0. The molecular formula is C13H24N2O2. The van der Waals surface area contributed by atoms with Crippen molar-refractivity contribution in [3.05, 3.63) is 0 Å². The normalized spacial score (nSPS) is 20.9. The van der Waals surface area contributed by atoms with Gasteiger partial charge in [0.05, 0.1) is 6.54 Å². The van der Waals surface area contributed by atoms with Crippen LogP contribution in [0, 0.1) is 5.92 Å². The summed E-state index contributed by atoms with van der Waals surface area (Å²) in [4.78, 5) is 25.3. The lowest BCUT2D eigenvalue weighted by Gasteiger charge is -2.35. The summed E-state index contributed by atoms with van der Waals surface area (Å²) in [6.07, 6.45) is 3.77. The molecule has 0 saturated carbocycles. The molecule has 1 unspecified atom stereocenters. The quantitative estimate of drug-likeness (QED) is 0.766. The highest BCUT2D eigenvalue weighted by Gasteiger charge is 2.32. The highest BCUT2D eigenvalue weighted by molar-refractivity contribution is 5.94. The zero-order valence-electron chi connectivity index (χ0n) is 11.2. The molecule has 0 aromatic heterocycles. The molecule has 1 aliphatic rings. The Kier molecular flexibility index (Phi) is 5.45. The molecule has 4 heteroatoms. The van der Waals surface area contributed by atoms with Crippen molar-refractivity contribution in [3.63, 3.8) is 0 Å². The Balaban J connectivity index is 2.55. The number of carbonyl (C=O) groups excluding carboxylic acids is 2. The molecule has 0 aromatic rings. The van der Waals surface area contributed by atoms with Gasteiger partial charge in [-0.1, -0.05) is 27.2 Å². The van der Waals surface area contributed by atoms with Crippen molar-refractivity contribution in [2.24, 2.45) is 5.92 Å². The minimum atomic E-state index is -0.242. The number of hydrogen-bond acceptors (Lipinski definition) is 2. The number of hydrogen-bond donors (Lipinski definition) is 1. The summed E-state index contributed by atoms with van der Waals surface area (Å²) in [6, 6.07) is -0.242. The fourth-order valence-corrected chi connectivity index (χ4v) is 2.21. The summed E-state index contributed by atoms with van der Waals surface area (Å²) in [5.41, 5.74) is 0. The standard InChI is InChI=1S/C13H24N2O2/c1-4-6-11-13(17)14-9-12(16)15(11)8-5-7-10(2)3/h10-11H,4-9H2,1-3H3,(H,14,17). The van der Waals surface area contributed by atoms with Gasteiger partial charge in [0.15, 0.2) is 0 Å². The van der Waals surface area contributed by atoms with Gasteiger partial charge in [0.25, 0.3) is 0 Å². The predicted octanol–water partition coefficient (Wildman–Crippen LogP) is 1.55. The first-order valence-corrected chi connectivity index (χ1v) is 6.63. The number of piperazine rings is 1. The third kappa shape index (κ3) is 4.02. The molecule has 1 atom stereocenters. The number of carbonyl (C=O) groups is 2. The van der Waals surface area contributed by atoms with E-state index in [2.05, 4.69) is 19.2 Å². The molecule has 1 rings (SSSR count). The van der Waals surface area contributed by atoms with E-state index in [0.717, 1.165) is 32.2 Å². The maximum absolute atomic E-state index is 11.8. The Morgan fingerprint density at radius 2 is 2.12 bits per heavy atom. The second-order valence-corrected chi connectivity index (χ2v) is 5.15. The van der Waals surface area contributed by atoms with Gasteiger partial charge < -0.3 is 10.2 Å². The van der Waals surface area contributed by atoms with E-state index in [0.29, 0.717) is 5.92 Å². The van der Waals surface area contributed by atoms with Crippen LogP contribution in [0.4, 0.5) is 0 Å². The minimum Gasteiger partial charge on any atom is -0.345 e. The summed E-state index contributed by atoms with van der Waals surface area (Å²) in [6.45, 7) is 7.27. The van der Waals surface area contributed by atoms with Crippen LogP contribution < -0.4 is 5.32 Å². The average Bonchev–Trinajstić information content (AvgIpc) is 2.27. The van der Waals surface area contributed by atoms with E-state index in [1.54, 1.807) is 4.90 Å². The predicted molar refractivity (Wildman–Crippen MR) is 67.5 cm³/mol. The van der Waals surface area contributed by atoms with E-state index in [9.17, 15) is 9.59 Å². The van der Waals surface area contributed by atoms with E-state index in [4.69, 9.17) is 0 Å². The summed E-state index contributed by atoms with van der Waals surface area (Å²) in [7, 11) is 0. The van der Waals surface area contributed by atoms with E-state index in [1.165, 1.54) is 0 Å². The zero-order chi connectivity index (χ0) is 12.8. The fraction of sp³-hybridized carbons (Fsp3) is 0.846. The SMILES string of the molecule is CCCC1C(=O)NCC(=O)N1CCCC(C)C. The molecule has 98 valence electrons. The molecule has 0 radical (unpaired) electrons. The first-order valence-electron chi connectivity index (χ1n) is 6.63. The first-order chi connectivity index (χ1) is 8.06. The van der Waals surface area contributed by atoms with Crippen molar-refractivity contribution in [1.29, 1.82) is 0 Å². The van der Waals surface area contributed by atoms with Crippen LogP contribution >= 0.6 is 0 Å². The van der Waals surface area contributed by atoms with E-state index in [-0.39, 0.29) is 24.4 Å². The molecule has 1 fully saturated rings. The molecule has 2 amide bonds. The molecule has 4 nitrogen and oxygen atoms in total. The molecular weight excluding hydrogens is 216 g/mol. The largest absolute Gasteiger partial charge is 0.345 e. The van der Waals surface area contributed by atoms with Crippen molar-refractivity contribution in [1.82, 2.24) is 10.2 Å². The maximum Gasteiger partial charge on any atom is 0.243 e. The smallest absolute Gasteiger partial charge is 0.243 e. The van der Waals surface area contributed by atoms with Crippen molar-refractivity contribution in [2.75, 3.05) is 13.1 Å². The molecule has 1 aliphatic heterocycles. The third-order valence-electron chi connectivity index (χ3n) is 3.16. The number of nitrogens with one attached hydrogen (secondary N) is 1. The van der Waals surface area contributed by atoms with Crippen LogP contribution in [-0.4, -0.2) is 35.8 Å². The van der Waals surface area contributed by atoms with Crippen molar-refractivity contribution in [2.45, 2.75) is 52.5 Å². The average molecular weight is 240 g/mol. The van der Waals surface area contributed by atoms with Gasteiger partial charge in [0.2, 0.25) is 11.8 Å². The Morgan fingerprint density at radius 1 is 1.41 bits per heavy atom. The van der Waals surface area contributed by atoms with E-state index in [1.807, 2.05) is 6.92 Å². The van der Waals surface area contributed by atoms with Gasteiger partial charge in [-0.25, -0.2) is 0 Å². The zero-order valence-corrected chi connectivity index (χ0v) is 11.2. The monoisotopic (exact) mass is 240 g/mol. The molecule has 1 N–H and O–H groups in total. The number of rotatable bonds is 6. The molecule has 17 heavy (non-hydrogen) atoms. The van der Waals surface area contributed by atoms with Gasteiger partial charge in [0, 0.05) is 6.54 Å². The Bertz CT molecular complexity index is 277. The van der Waals surface area contributed by atoms with Crippen LogP contribution in [0.15, 0.2) is 0 Å². The molecule has 0 aliphatic carbocycles. The van der Waals surface area contributed by atoms with Gasteiger partial charge in [-0.15, -0.1) is 0 Å². The van der Waals surface area contributed by atoms with Gasteiger partial charge in [-0.2, -0.15) is 0 Å². The number of amides is 2. The van der Waals surface area contributed by atoms with Crippen LogP contribution in [0.5, 0.6) is 0 Å². The van der Waals surface area contributed by atoms with Crippen molar-refractivity contribution in [3.8, 4) is 0 Å². The Hall–Kier alpha value is -1.06. The van der Waals surface area contributed by atoms with Crippen LogP contribution in [0.3, 0.4) is 0 Å². The lowest BCUT2D eigenvalue weighted by atomic mass is 10.0. The van der Waals surface area contributed by atoms with Gasteiger partial charge in [-0.05, 0) is 25.2 Å². The third-order valence-corrected chi connectivity index (χ3v) is 3.16.